The average molecular weight is 544 g/mol. The van der Waals surface area contributed by atoms with Crippen LogP contribution in [0.2, 0.25) is 10.0 Å². The third-order valence-electron chi connectivity index (χ3n) is 3.59. The summed E-state index contributed by atoms with van der Waals surface area (Å²) in [6.07, 6.45) is -2.20. The summed E-state index contributed by atoms with van der Waals surface area (Å²) in [5, 5.41) is 12.9. The molecule has 0 heterocycles. The third kappa shape index (κ3) is 5.98. The number of carboxylic acid groups (broad SMARTS) is 1. The monoisotopic (exact) mass is 541 g/mol. The van der Waals surface area contributed by atoms with Crippen molar-refractivity contribution in [2.24, 2.45) is 0 Å². The van der Waals surface area contributed by atoms with Gasteiger partial charge in [0.2, 0.25) is 6.17 Å². The van der Waals surface area contributed by atoms with Gasteiger partial charge in [-0.2, -0.15) is 0 Å². The third-order valence-corrected chi connectivity index (χ3v) is 5.44. The summed E-state index contributed by atoms with van der Waals surface area (Å²) in [7, 11) is 0. The molecule has 2 N–H and O–H groups in total. The van der Waals surface area contributed by atoms with Crippen molar-refractivity contribution in [2.45, 2.75) is 26.1 Å². The fraction of sp³-hybridized carbons (Fsp3) is 0.278. The number of benzene rings is 2. The van der Waals surface area contributed by atoms with Gasteiger partial charge in [-0.1, -0.05) is 23.2 Å². The topological polar surface area (TPSA) is 58.6 Å². The highest BCUT2D eigenvalue weighted by Gasteiger charge is 2.19. The number of carboxylic acids is 1. The fourth-order valence-electron chi connectivity index (χ4n) is 2.38. The van der Waals surface area contributed by atoms with Crippen LogP contribution in [-0.4, -0.2) is 23.8 Å². The summed E-state index contributed by atoms with van der Waals surface area (Å²) in [5.41, 5.74) is 1.95. The van der Waals surface area contributed by atoms with Crippen molar-refractivity contribution in [1.82, 2.24) is 0 Å². The van der Waals surface area contributed by atoms with Crippen LogP contribution in [0.5, 0.6) is 5.75 Å². The Morgan fingerprint density at radius 2 is 1.89 bits per heavy atom. The summed E-state index contributed by atoms with van der Waals surface area (Å²) in [6.45, 7) is 2.82. The first kappa shape index (κ1) is 22.3. The predicted octanol–water partition coefficient (Wildman–Crippen LogP) is 6.49. The molecule has 0 spiro atoms. The molecular weight excluding hydrogens is 528 g/mol. The number of aliphatic carboxylic acids is 1. The maximum absolute atomic E-state index is 13.4. The van der Waals surface area contributed by atoms with Crippen molar-refractivity contribution in [3.8, 4) is 5.75 Å². The van der Waals surface area contributed by atoms with Crippen LogP contribution in [0.25, 0.3) is 0 Å². The molecule has 0 aliphatic rings. The lowest BCUT2D eigenvalue weighted by molar-refractivity contribution is -0.142. The highest BCUT2D eigenvalue weighted by Crippen LogP contribution is 2.37. The predicted molar refractivity (Wildman–Crippen MR) is 113 cm³/mol. The zero-order valence-corrected chi connectivity index (χ0v) is 18.8. The van der Waals surface area contributed by atoms with E-state index in [1.54, 1.807) is 24.3 Å². The van der Waals surface area contributed by atoms with Gasteiger partial charge in [0.25, 0.3) is 0 Å². The fourth-order valence-corrected chi connectivity index (χ4v) is 4.36. The maximum Gasteiger partial charge on any atom is 0.338 e. The van der Waals surface area contributed by atoms with E-state index >= 15 is 0 Å². The molecular formula is C18H16Br2Cl2FNO3. The van der Waals surface area contributed by atoms with Gasteiger partial charge >= 0.3 is 5.97 Å². The quantitative estimate of drug-likeness (QED) is 0.399. The zero-order chi connectivity index (χ0) is 20.1. The number of carbonyl (C=O) groups is 1. The van der Waals surface area contributed by atoms with Gasteiger partial charge in [0.15, 0.2) is 0 Å². The molecule has 0 bridgehead atoms. The average Bonchev–Trinajstić information content (AvgIpc) is 2.58. The Labute approximate surface area is 183 Å². The number of nitrogens with one attached hydrogen (secondary N) is 1. The highest BCUT2D eigenvalue weighted by molar-refractivity contribution is 9.11. The Hall–Kier alpha value is -1.02. The number of halogens is 5. The first-order chi connectivity index (χ1) is 12.7. The molecule has 0 saturated heterocycles. The van der Waals surface area contributed by atoms with Crippen molar-refractivity contribution < 1.29 is 19.0 Å². The number of alkyl halides is 1. The highest BCUT2D eigenvalue weighted by atomic mass is 79.9. The van der Waals surface area contributed by atoms with Crippen molar-refractivity contribution >= 4 is 66.7 Å². The number of ether oxygens (including phenoxy) is 1. The van der Waals surface area contributed by atoms with E-state index < -0.39 is 12.1 Å². The summed E-state index contributed by atoms with van der Waals surface area (Å²) in [5.74, 6) is -1.000. The van der Waals surface area contributed by atoms with Gasteiger partial charge in [0, 0.05) is 23.6 Å². The van der Waals surface area contributed by atoms with Crippen molar-refractivity contribution in [2.75, 3.05) is 11.9 Å². The molecule has 2 aromatic rings. The van der Waals surface area contributed by atoms with Crippen LogP contribution in [0.1, 0.15) is 18.1 Å². The largest absolute Gasteiger partial charge is 0.486 e. The number of hydrogen-bond acceptors (Lipinski definition) is 3. The van der Waals surface area contributed by atoms with Gasteiger partial charge in [0.1, 0.15) is 12.4 Å². The zero-order valence-electron chi connectivity index (χ0n) is 14.2. The molecule has 0 amide bonds. The van der Waals surface area contributed by atoms with Crippen molar-refractivity contribution in [1.29, 1.82) is 0 Å². The van der Waals surface area contributed by atoms with Crippen LogP contribution in [0.4, 0.5) is 10.1 Å². The molecule has 0 aromatic heterocycles. The van der Waals surface area contributed by atoms with E-state index in [2.05, 4.69) is 37.2 Å². The van der Waals surface area contributed by atoms with Crippen molar-refractivity contribution in [3.63, 3.8) is 0 Å². The van der Waals surface area contributed by atoms with Gasteiger partial charge in [-0.15, -0.1) is 0 Å². The van der Waals surface area contributed by atoms with Gasteiger partial charge in [0.05, 0.1) is 19.7 Å². The van der Waals surface area contributed by atoms with E-state index in [9.17, 15) is 9.18 Å². The summed E-state index contributed by atoms with van der Waals surface area (Å²) in [6, 6.07) is 6.72. The van der Waals surface area contributed by atoms with Crippen LogP contribution < -0.4 is 10.1 Å². The molecule has 2 rings (SSSR count). The lowest BCUT2D eigenvalue weighted by Crippen LogP contribution is -2.17. The van der Waals surface area contributed by atoms with E-state index in [-0.39, 0.29) is 13.0 Å². The number of hydrogen-bond donors (Lipinski definition) is 2. The first-order valence-electron chi connectivity index (χ1n) is 7.92. The number of rotatable bonds is 8. The van der Waals surface area contributed by atoms with Gasteiger partial charge in [-0.3, -0.25) is 0 Å². The minimum atomic E-state index is -1.97. The van der Waals surface area contributed by atoms with Crippen LogP contribution >= 0.6 is 55.1 Å². The molecule has 9 heteroatoms. The molecule has 4 nitrogen and oxygen atoms in total. The molecule has 0 saturated carbocycles. The lowest BCUT2D eigenvalue weighted by atomic mass is 10.1. The Bertz CT molecular complexity index is 829. The molecule has 1 atom stereocenters. The standard InChI is InChI=1S/C18H16Br2Cl2FNO3/c1-2-24-15-7-11(21)6-10(16(15)22)8-27-17-12(19)3-9(4-13(17)20)5-14(23)18(25)26/h3-4,6-7,14,24H,2,5,8H2,1H3,(H,25,26). The molecule has 146 valence electrons. The molecule has 27 heavy (non-hydrogen) atoms. The van der Waals surface area contributed by atoms with E-state index in [4.69, 9.17) is 33.0 Å². The second-order valence-corrected chi connectivity index (χ2v) is 8.17. The minimum Gasteiger partial charge on any atom is -0.486 e. The van der Waals surface area contributed by atoms with Crippen LogP contribution in [0, 0.1) is 0 Å². The Morgan fingerprint density at radius 1 is 1.26 bits per heavy atom. The van der Waals surface area contributed by atoms with Gasteiger partial charge in [-0.25, -0.2) is 9.18 Å². The lowest BCUT2D eigenvalue weighted by Gasteiger charge is -2.15. The Kier molecular flexibility index (Phi) is 8.21. The summed E-state index contributed by atoms with van der Waals surface area (Å²) < 4.78 is 20.4. The van der Waals surface area contributed by atoms with E-state index in [0.717, 1.165) is 5.69 Å². The van der Waals surface area contributed by atoms with Crippen LogP contribution in [0.3, 0.4) is 0 Å². The van der Waals surface area contributed by atoms with E-state index in [1.807, 2.05) is 6.92 Å². The molecule has 0 aliphatic heterocycles. The normalized spacial score (nSPS) is 11.9. The summed E-state index contributed by atoms with van der Waals surface area (Å²) in [4.78, 5) is 10.7. The first-order valence-corrected chi connectivity index (χ1v) is 10.3. The maximum atomic E-state index is 13.4. The summed E-state index contributed by atoms with van der Waals surface area (Å²) >= 11 is 19.3. The molecule has 0 aliphatic carbocycles. The van der Waals surface area contributed by atoms with Crippen LogP contribution in [-0.2, 0) is 17.8 Å². The second-order valence-electron chi connectivity index (χ2n) is 5.64. The SMILES string of the molecule is CCNc1cc(Cl)cc(COc2c(Br)cc(CC(F)C(=O)O)cc2Br)c1Cl. The van der Waals surface area contributed by atoms with E-state index in [0.29, 0.717) is 42.4 Å². The Balaban J connectivity index is 2.20. The number of anilines is 1. The van der Waals surface area contributed by atoms with Gasteiger partial charge in [-0.05, 0) is 68.6 Å². The smallest absolute Gasteiger partial charge is 0.338 e. The molecule has 2 aromatic carbocycles. The van der Waals surface area contributed by atoms with E-state index in [1.165, 1.54) is 0 Å². The van der Waals surface area contributed by atoms with Crippen molar-refractivity contribution in [3.05, 3.63) is 54.4 Å². The molecule has 0 radical (unpaired) electrons. The van der Waals surface area contributed by atoms with Gasteiger partial charge < -0.3 is 15.2 Å². The second kappa shape index (κ2) is 9.96. The minimum absolute atomic E-state index is 0.162. The molecule has 0 fully saturated rings. The van der Waals surface area contributed by atoms with Crippen LogP contribution in [0.15, 0.2) is 33.2 Å². The Morgan fingerprint density at radius 3 is 2.44 bits per heavy atom. The molecule has 1 unspecified atom stereocenters.